The van der Waals surface area contributed by atoms with Crippen LogP contribution in [0.4, 0.5) is 0 Å². The maximum absolute atomic E-state index is 11.5. The van der Waals surface area contributed by atoms with Crippen molar-refractivity contribution in [3.8, 4) is 0 Å². The van der Waals surface area contributed by atoms with Crippen molar-refractivity contribution in [2.45, 2.75) is 123 Å². The molecule has 0 saturated carbocycles. The lowest BCUT2D eigenvalue weighted by molar-refractivity contribution is -0.959. The van der Waals surface area contributed by atoms with Gasteiger partial charge in [-0.3, -0.25) is 9.28 Å². The summed E-state index contributed by atoms with van der Waals surface area (Å²) in [5, 5.41) is 3.11. The van der Waals surface area contributed by atoms with E-state index in [1.807, 2.05) is 0 Å². The van der Waals surface area contributed by atoms with Crippen LogP contribution < -0.4 is 5.32 Å². The van der Waals surface area contributed by atoms with Gasteiger partial charge in [-0.25, -0.2) is 4.99 Å². The summed E-state index contributed by atoms with van der Waals surface area (Å²) in [6.07, 6.45) is 24.5. The largest absolute Gasteiger partial charge is 0.307 e. The molecule has 0 fully saturated rings. The molecule has 4 nitrogen and oxygen atoms in total. The van der Waals surface area contributed by atoms with E-state index in [0.29, 0.717) is 6.17 Å². The molecule has 168 valence electrons. The summed E-state index contributed by atoms with van der Waals surface area (Å²) in [4.78, 5) is 16.3. The number of rotatable bonds is 17. The molecule has 0 saturated heterocycles. The first-order valence-electron chi connectivity index (χ1n) is 12.3. The van der Waals surface area contributed by atoms with Crippen molar-refractivity contribution in [1.29, 1.82) is 0 Å². The Morgan fingerprint density at radius 2 is 1.62 bits per heavy atom. The molecule has 1 aliphatic rings. The second-order valence-corrected chi connectivity index (χ2v) is 8.83. The Morgan fingerprint density at radius 1 is 1.07 bits per heavy atom. The normalized spacial score (nSPS) is 22.4. The van der Waals surface area contributed by atoms with Gasteiger partial charge in [0, 0.05) is 20.3 Å². The molecule has 0 radical (unpaired) electrons. The highest BCUT2D eigenvalue weighted by molar-refractivity contribution is 5.73. The first kappa shape index (κ1) is 25.9. The maximum Gasteiger partial charge on any atom is 0.221 e. The summed E-state index contributed by atoms with van der Waals surface area (Å²) in [6.45, 7) is 10.0. The molecule has 1 heterocycles. The number of unbranched alkanes of at least 4 members (excludes halogenated alkanes) is 11. The van der Waals surface area contributed by atoms with Crippen molar-refractivity contribution in [3.63, 3.8) is 0 Å². The maximum atomic E-state index is 11.5. The fourth-order valence-electron chi connectivity index (χ4n) is 4.71. The summed E-state index contributed by atoms with van der Waals surface area (Å²) >= 11 is 0. The third-order valence-corrected chi connectivity index (χ3v) is 6.63. The monoisotopic (exact) mass is 406 g/mol. The van der Waals surface area contributed by atoms with Crippen LogP contribution in [0.2, 0.25) is 0 Å². The minimum Gasteiger partial charge on any atom is -0.307 e. The van der Waals surface area contributed by atoms with E-state index < -0.39 is 0 Å². The van der Waals surface area contributed by atoms with Crippen LogP contribution in [0.3, 0.4) is 0 Å². The van der Waals surface area contributed by atoms with Crippen molar-refractivity contribution in [2.24, 2.45) is 4.99 Å². The lowest BCUT2D eigenvalue weighted by Crippen LogP contribution is -2.63. The zero-order chi connectivity index (χ0) is 21.4. The van der Waals surface area contributed by atoms with Crippen LogP contribution in [0.5, 0.6) is 0 Å². The number of carbonyl (C=O) groups is 1. The topological polar surface area (TPSA) is 41.5 Å². The highest BCUT2D eigenvalue weighted by Gasteiger charge is 2.42. The number of hydrogen-bond acceptors (Lipinski definition) is 2. The lowest BCUT2D eigenvalue weighted by Gasteiger charge is -2.42. The highest BCUT2D eigenvalue weighted by Crippen LogP contribution is 2.27. The number of amides is 1. The minimum absolute atomic E-state index is 0.0581. The Labute approximate surface area is 180 Å². The van der Waals surface area contributed by atoms with E-state index >= 15 is 0 Å². The van der Waals surface area contributed by atoms with E-state index in [9.17, 15) is 4.79 Å². The molecule has 0 spiro atoms. The average molecular weight is 407 g/mol. The predicted molar refractivity (Wildman–Crippen MR) is 126 cm³/mol. The summed E-state index contributed by atoms with van der Waals surface area (Å²) in [6, 6.07) is 0. The van der Waals surface area contributed by atoms with Gasteiger partial charge in [0.25, 0.3) is 0 Å². The second kappa shape index (κ2) is 15.6. The molecule has 1 aliphatic heterocycles. The third kappa shape index (κ3) is 9.93. The Kier molecular flexibility index (Phi) is 14.0. The number of quaternary nitrogens is 1. The molecule has 4 heteroatoms. The van der Waals surface area contributed by atoms with E-state index in [1.165, 1.54) is 77.0 Å². The molecular formula is C25H48N3O+. The Morgan fingerprint density at radius 3 is 2.14 bits per heavy atom. The van der Waals surface area contributed by atoms with Gasteiger partial charge in [-0.2, -0.15) is 0 Å². The molecule has 1 rings (SSSR count). The Bertz CT molecular complexity index is 488. The number of nitrogens with one attached hydrogen (secondary N) is 1. The summed E-state index contributed by atoms with van der Waals surface area (Å²) in [7, 11) is 0. The van der Waals surface area contributed by atoms with Gasteiger partial charge in [0.2, 0.25) is 5.91 Å². The molecule has 1 amide bonds. The second-order valence-electron chi connectivity index (χ2n) is 8.83. The Hall–Kier alpha value is -1.16. The van der Waals surface area contributed by atoms with Gasteiger partial charge in [-0.05, 0) is 33.1 Å². The lowest BCUT2D eigenvalue weighted by atomic mass is 10.0. The highest BCUT2D eigenvalue weighted by atomic mass is 16.1. The number of allylic oxidation sites excluding steroid dienone is 2. The van der Waals surface area contributed by atoms with Crippen LogP contribution in [0.1, 0.15) is 111 Å². The third-order valence-electron chi connectivity index (χ3n) is 6.63. The van der Waals surface area contributed by atoms with Crippen LogP contribution in [0, 0.1) is 0 Å². The molecule has 3 atom stereocenters. The number of nitrogens with zero attached hydrogens (tertiary/aromatic N) is 2. The fraction of sp³-hybridized carbons (Fsp3) is 0.840. The van der Waals surface area contributed by atoms with Gasteiger partial charge in [0.1, 0.15) is 6.54 Å². The predicted octanol–water partition coefficient (Wildman–Crippen LogP) is 6.36. The van der Waals surface area contributed by atoms with Gasteiger partial charge in [-0.15, -0.1) is 0 Å². The van der Waals surface area contributed by atoms with Crippen LogP contribution in [0.15, 0.2) is 17.1 Å². The van der Waals surface area contributed by atoms with Crippen LogP contribution in [0.25, 0.3) is 0 Å². The molecule has 29 heavy (non-hydrogen) atoms. The molecule has 0 aromatic rings. The molecular weight excluding hydrogens is 358 g/mol. The summed E-state index contributed by atoms with van der Waals surface area (Å²) in [5.74, 6) is 0.0581. The van der Waals surface area contributed by atoms with E-state index in [1.54, 1.807) is 6.92 Å². The van der Waals surface area contributed by atoms with Gasteiger partial charge in [0.05, 0.1) is 12.8 Å². The Balaban J connectivity index is 2.06. The fourth-order valence-corrected chi connectivity index (χ4v) is 4.71. The standard InChI is InChI=1S/C25H47N3O/c1-5-7-8-9-10-11-12-13-14-15-16-17-18-19-20-25-26-21-22-28(25,6-2)23(3)27-24(4)29/h5,7,21,23,25H,6,8-20,22H2,1-4H3/p+1/b7-5+. The van der Waals surface area contributed by atoms with Crippen molar-refractivity contribution in [1.82, 2.24) is 5.32 Å². The quantitative estimate of drug-likeness (QED) is 0.170. The van der Waals surface area contributed by atoms with E-state index in [2.05, 4.69) is 44.5 Å². The molecule has 0 aliphatic carbocycles. The number of carbonyl (C=O) groups excluding carboxylic acids is 1. The SMILES string of the molecule is C/C=C/CCCCCCCCCCCCCC1N=CC[N+]1(CC)C(C)NC(C)=O. The smallest absolute Gasteiger partial charge is 0.221 e. The zero-order valence-electron chi connectivity index (χ0n) is 19.8. The molecule has 0 bridgehead atoms. The summed E-state index contributed by atoms with van der Waals surface area (Å²) in [5.41, 5.74) is 0. The molecule has 1 N–H and O–H groups in total. The van der Waals surface area contributed by atoms with E-state index in [-0.39, 0.29) is 12.1 Å². The molecule has 0 aromatic carbocycles. The van der Waals surface area contributed by atoms with Crippen LogP contribution in [-0.4, -0.2) is 42.0 Å². The van der Waals surface area contributed by atoms with Gasteiger partial charge in [-0.1, -0.05) is 69.9 Å². The van der Waals surface area contributed by atoms with Crippen molar-refractivity contribution < 1.29 is 9.28 Å². The van der Waals surface area contributed by atoms with E-state index in [0.717, 1.165) is 24.0 Å². The van der Waals surface area contributed by atoms with Crippen molar-refractivity contribution >= 4 is 12.1 Å². The van der Waals surface area contributed by atoms with Gasteiger partial charge < -0.3 is 5.32 Å². The molecule has 3 unspecified atom stereocenters. The first-order valence-corrected chi connectivity index (χ1v) is 12.3. The molecule has 0 aromatic heterocycles. The van der Waals surface area contributed by atoms with Gasteiger partial charge >= 0.3 is 0 Å². The zero-order valence-corrected chi connectivity index (χ0v) is 19.8. The first-order chi connectivity index (χ1) is 14.1. The number of aliphatic imine (C=N–C) groups is 1. The average Bonchev–Trinajstić information content (AvgIpc) is 3.12. The van der Waals surface area contributed by atoms with Crippen LogP contribution >= 0.6 is 0 Å². The van der Waals surface area contributed by atoms with Crippen LogP contribution in [-0.2, 0) is 4.79 Å². The van der Waals surface area contributed by atoms with Gasteiger partial charge in [0.15, 0.2) is 12.3 Å². The number of hydrogen-bond donors (Lipinski definition) is 1. The van der Waals surface area contributed by atoms with E-state index in [4.69, 9.17) is 4.99 Å². The van der Waals surface area contributed by atoms with Crippen molar-refractivity contribution in [2.75, 3.05) is 13.1 Å². The summed E-state index contributed by atoms with van der Waals surface area (Å²) < 4.78 is 0.883. The van der Waals surface area contributed by atoms with Crippen molar-refractivity contribution in [3.05, 3.63) is 12.2 Å². The minimum atomic E-state index is 0.0581.